The Hall–Kier alpha value is -2.41. The summed E-state index contributed by atoms with van der Waals surface area (Å²) in [4.78, 5) is 15.4. The van der Waals surface area contributed by atoms with Crippen molar-refractivity contribution in [1.29, 1.82) is 0 Å². The summed E-state index contributed by atoms with van der Waals surface area (Å²) in [6.07, 6.45) is -2.41. The van der Waals surface area contributed by atoms with Crippen LogP contribution in [0.5, 0.6) is 0 Å². The number of halogens is 4. The molecule has 0 unspecified atom stereocenters. The molecule has 1 aromatic heterocycles. The number of nitrogens with one attached hydrogen (secondary N) is 1. The predicted octanol–water partition coefficient (Wildman–Crippen LogP) is 3.52. The SMILES string of the molecule is O=C(NN=Cc1cc(C(F)(F)F)ccn1)c1ccc(Cl)cc1. The van der Waals surface area contributed by atoms with Gasteiger partial charge in [0.25, 0.3) is 5.91 Å². The fourth-order valence-corrected chi connectivity index (χ4v) is 1.64. The summed E-state index contributed by atoms with van der Waals surface area (Å²) < 4.78 is 37.6. The molecule has 1 N–H and O–H groups in total. The van der Waals surface area contributed by atoms with E-state index in [0.717, 1.165) is 24.5 Å². The third-order valence-electron chi connectivity index (χ3n) is 2.58. The van der Waals surface area contributed by atoms with Crippen LogP contribution in [0.1, 0.15) is 21.6 Å². The van der Waals surface area contributed by atoms with Gasteiger partial charge >= 0.3 is 6.18 Å². The molecule has 0 spiro atoms. The van der Waals surface area contributed by atoms with Gasteiger partial charge in [-0.25, -0.2) is 5.43 Å². The van der Waals surface area contributed by atoms with Crippen molar-refractivity contribution in [3.63, 3.8) is 0 Å². The van der Waals surface area contributed by atoms with Crippen molar-refractivity contribution in [2.45, 2.75) is 6.18 Å². The highest BCUT2D eigenvalue weighted by Crippen LogP contribution is 2.28. The summed E-state index contributed by atoms with van der Waals surface area (Å²) in [5.74, 6) is -0.514. The number of nitrogens with zero attached hydrogens (tertiary/aromatic N) is 2. The van der Waals surface area contributed by atoms with Crippen molar-refractivity contribution in [3.05, 3.63) is 64.4 Å². The van der Waals surface area contributed by atoms with E-state index in [1.54, 1.807) is 0 Å². The maximum absolute atomic E-state index is 12.5. The first-order valence-corrected chi connectivity index (χ1v) is 6.36. The van der Waals surface area contributed by atoms with Gasteiger partial charge in [0, 0.05) is 16.8 Å². The van der Waals surface area contributed by atoms with Gasteiger partial charge in [0.15, 0.2) is 0 Å². The third kappa shape index (κ3) is 4.29. The molecule has 0 aliphatic rings. The lowest BCUT2D eigenvalue weighted by molar-refractivity contribution is -0.137. The minimum atomic E-state index is -4.46. The molecule has 1 aromatic carbocycles. The lowest BCUT2D eigenvalue weighted by Gasteiger charge is -2.05. The van der Waals surface area contributed by atoms with E-state index in [1.165, 1.54) is 24.3 Å². The predicted molar refractivity (Wildman–Crippen MR) is 75.8 cm³/mol. The first kappa shape index (κ1) is 16.0. The zero-order chi connectivity index (χ0) is 16.2. The van der Waals surface area contributed by atoms with Crippen LogP contribution >= 0.6 is 11.6 Å². The maximum atomic E-state index is 12.5. The summed E-state index contributed by atoms with van der Waals surface area (Å²) in [6, 6.07) is 7.75. The van der Waals surface area contributed by atoms with Gasteiger partial charge in [0.05, 0.1) is 17.5 Å². The molecular weight excluding hydrogens is 319 g/mol. The first-order chi connectivity index (χ1) is 10.4. The van der Waals surface area contributed by atoms with Gasteiger partial charge in [-0.1, -0.05) is 11.6 Å². The van der Waals surface area contributed by atoms with Crippen molar-refractivity contribution in [1.82, 2.24) is 10.4 Å². The van der Waals surface area contributed by atoms with Gasteiger partial charge in [-0.3, -0.25) is 9.78 Å². The van der Waals surface area contributed by atoms with Crippen molar-refractivity contribution < 1.29 is 18.0 Å². The number of hydrogen-bond acceptors (Lipinski definition) is 3. The van der Waals surface area contributed by atoms with E-state index in [-0.39, 0.29) is 5.69 Å². The van der Waals surface area contributed by atoms with Crippen molar-refractivity contribution >= 4 is 23.7 Å². The van der Waals surface area contributed by atoms with Crippen molar-refractivity contribution in [2.75, 3.05) is 0 Å². The van der Waals surface area contributed by atoms with Gasteiger partial charge in [-0.2, -0.15) is 18.3 Å². The summed E-state index contributed by atoms with van der Waals surface area (Å²) in [6.45, 7) is 0. The number of hydrazone groups is 1. The van der Waals surface area contributed by atoms with Crippen LogP contribution < -0.4 is 5.43 Å². The number of rotatable bonds is 3. The fraction of sp³-hybridized carbons (Fsp3) is 0.0714. The molecule has 4 nitrogen and oxygen atoms in total. The van der Waals surface area contributed by atoms with E-state index < -0.39 is 17.6 Å². The van der Waals surface area contributed by atoms with Crippen LogP contribution in [0.2, 0.25) is 5.02 Å². The monoisotopic (exact) mass is 327 g/mol. The van der Waals surface area contributed by atoms with Gasteiger partial charge < -0.3 is 0 Å². The zero-order valence-electron chi connectivity index (χ0n) is 10.9. The van der Waals surface area contributed by atoms with E-state index >= 15 is 0 Å². The number of alkyl halides is 3. The number of hydrogen-bond donors (Lipinski definition) is 1. The van der Waals surface area contributed by atoms with Crippen LogP contribution in [-0.2, 0) is 6.18 Å². The molecule has 0 aliphatic heterocycles. The van der Waals surface area contributed by atoms with E-state index in [1.807, 2.05) is 0 Å². The number of carbonyl (C=O) groups is 1. The van der Waals surface area contributed by atoms with Crippen molar-refractivity contribution in [3.8, 4) is 0 Å². The van der Waals surface area contributed by atoms with Crippen LogP contribution in [0.4, 0.5) is 13.2 Å². The molecule has 0 radical (unpaired) electrons. The molecule has 0 atom stereocenters. The van der Waals surface area contributed by atoms with Gasteiger partial charge in [0.1, 0.15) is 0 Å². The number of aromatic nitrogens is 1. The topological polar surface area (TPSA) is 54.4 Å². The molecule has 8 heteroatoms. The van der Waals surface area contributed by atoms with Crippen LogP contribution in [-0.4, -0.2) is 17.1 Å². The number of pyridine rings is 1. The molecule has 0 fully saturated rings. The minimum Gasteiger partial charge on any atom is -0.267 e. The van der Waals surface area contributed by atoms with Crippen molar-refractivity contribution in [2.24, 2.45) is 5.10 Å². The molecule has 1 heterocycles. The Bertz CT molecular complexity index is 699. The normalized spacial score (nSPS) is 11.6. The zero-order valence-corrected chi connectivity index (χ0v) is 11.7. The Morgan fingerprint density at radius 3 is 2.55 bits per heavy atom. The lowest BCUT2D eigenvalue weighted by Crippen LogP contribution is -2.17. The molecule has 2 rings (SSSR count). The quantitative estimate of drug-likeness (QED) is 0.692. The van der Waals surface area contributed by atoms with Crippen LogP contribution in [0.3, 0.4) is 0 Å². The summed E-state index contributed by atoms with van der Waals surface area (Å²) in [5.41, 5.74) is 1.65. The Morgan fingerprint density at radius 2 is 1.91 bits per heavy atom. The molecule has 0 saturated carbocycles. The first-order valence-electron chi connectivity index (χ1n) is 5.98. The van der Waals surface area contributed by atoms with E-state index in [2.05, 4.69) is 15.5 Å². The molecule has 0 aliphatic carbocycles. The second-order valence-corrected chi connectivity index (χ2v) is 4.61. The minimum absolute atomic E-state index is 0.0220. The summed E-state index contributed by atoms with van der Waals surface area (Å²) in [7, 11) is 0. The second-order valence-electron chi connectivity index (χ2n) is 4.17. The van der Waals surface area contributed by atoms with E-state index in [4.69, 9.17) is 11.6 Å². The van der Waals surface area contributed by atoms with E-state index in [9.17, 15) is 18.0 Å². The molecule has 1 amide bonds. The maximum Gasteiger partial charge on any atom is 0.416 e. The third-order valence-corrected chi connectivity index (χ3v) is 2.83. The molecule has 22 heavy (non-hydrogen) atoms. The van der Waals surface area contributed by atoms with Gasteiger partial charge in [0.2, 0.25) is 0 Å². The van der Waals surface area contributed by atoms with Crippen LogP contribution in [0, 0.1) is 0 Å². The Morgan fingerprint density at radius 1 is 1.23 bits per heavy atom. The number of benzene rings is 1. The fourth-order valence-electron chi connectivity index (χ4n) is 1.52. The highest BCUT2D eigenvalue weighted by molar-refractivity contribution is 6.30. The average molecular weight is 328 g/mol. The Labute approximate surface area is 128 Å². The van der Waals surface area contributed by atoms with Gasteiger partial charge in [-0.05, 0) is 36.4 Å². The molecule has 0 bridgehead atoms. The molecule has 2 aromatic rings. The number of amides is 1. The average Bonchev–Trinajstić information content (AvgIpc) is 2.47. The smallest absolute Gasteiger partial charge is 0.267 e. The van der Waals surface area contributed by atoms with E-state index in [0.29, 0.717) is 10.6 Å². The lowest BCUT2D eigenvalue weighted by atomic mass is 10.2. The Balaban J connectivity index is 2.03. The highest BCUT2D eigenvalue weighted by Gasteiger charge is 2.30. The second kappa shape index (κ2) is 6.57. The van der Waals surface area contributed by atoms with Crippen LogP contribution in [0.15, 0.2) is 47.7 Å². The Kier molecular flexibility index (Phi) is 4.77. The molecule has 0 saturated heterocycles. The standard InChI is InChI=1S/C14H9ClF3N3O/c15-11-3-1-9(2-4-11)13(22)21-20-8-12-7-10(5-6-19-12)14(16,17)18/h1-8H,(H,21,22). The summed E-state index contributed by atoms with van der Waals surface area (Å²) >= 11 is 5.69. The molecular formula is C14H9ClF3N3O. The summed E-state index contributed by atoms with van der Waals surface area (Å²) in [5, 5.41) is 4.06. The van der Waals surface area contributed by atoms with Gasteiger partial charge in [-0.15, -0.1) is 0 Å². The van der Waals surface area contributed by atoms with Crippen LogP contribution in [0.25, 0.3) is 0 Å². The number of carbonyl (C=O) groups excluding carboxylic acids is 1. The highest BCUT2D eigenvalue weighted by atomic mass is 35.5. The molecule has 114 valence electrons. The largest absolute Gasteiger partial charge is 0.416 e.